The van der Waals surface area contributed by atoms with Crippen molar-refractivity contribution in [3.63, 3.8) is 0 Å². The molecule has 2 nitrogen and oxygen atoms in total. The van der Waals surface area contributed by atoms with Crippen molar-refractivity contribution < 1.29 is 0 Å². The Bertz CT molecular complexity index is 3230. The van der Waals surface area contributed by atoms with Gasteiger partial charge in [0.15, 0.2) is 0 Å². The molecule has 0 N–H and O–H groups in total. The van der Waals surface area contributed by atoms with E-state index in [4.69, 9.17) is 0 Å². The average molecular weight is 765 g/mol. The number of fused-ring (bicyclic) bond motifs is 4. The van der Waals surface area contributed by atoms with Gasteiger partial charge in [-0.1, -0.05) is 188 Å². The molecule has 0 bridgehead atoms. The third-order valence-electron chi connectivity index (χ3n) is 11.8. The lowest BCUT2D eigenvalue weighted by Gasteiger charge is -2.28. The van der Waals surface area contributed by atoms with Gasteiger partial charge in [0.25, 0.3) is 0 Å². The Labute approximate surface area is 350 Å². The van der Waals surface area contributed by atoms with E-state index in [1.807, 2.05) is 0 Å². The number of para-hydroxylation sites is 2. The summed E-state index contributed by atoms with van der Waals surface area (Å²) in [5.74, 6) is 0. The van der Waals surface area contributed by atoms with Crippen LogP contribution in [-0.4, -0.2) is 4.57 Å². The van der Waals surface area contributed by atoms with Crippen LogP contribution < -0.4 is 4.90 Å². The maximum atomic E-state index is 2.41. The summed E-state index contributed by atoms with van der Waals surface area (Å²) in [6, 6.07) is 87.9. The highest BCUT2D eigenvalue weighted by Gasteiger charge is 2.19. The number of nitrogens with zero attached hydrogens (tertiary/aromatic N) is 2. The molecule has 10 aromatic carbocycles. The summed E-state index contributed by atoms with van der Waals surface area (Å²) in [6.07, 6.45) is 0. The zero-order valence-electron chi connectivity index (χ0n) is 33.0. The van der Waals surface area contributed by atoms with Crippen molar-refractivity contribution in [2.75, 3.05) is 4.90 Å². The highest BCUT2D eigenvalue weighted by molar-refractivity contribution is 6.09. The molecule has 1 heterocycles. The van der Waals surface area contributed by atoms with Gasteiger partial charge in [-0.15, -0.1) is 0 Å². The van der Waals surface area contributed by atoms with Gasteiger partial charge in [-0.3, -0.25) is 0 Å². The predicted molar refractivity (Wildman–Crippen MR) is 255 cm³/mol. The fourth-order valence-corrected chi connectivity index (χ4v) is 8.91. The van der Waals surface area contributed by atoms with Gasteiger partial charge in [0, 0.05) is 33.2 Å². The first-order chi connectivity index (χ1) is 29.8. The molecule has 0 aliphatic heterocycles. The average Bonchev–Trinajstić information content (AvgIpc) is 3.67. The summed E-state index contributed by atoms with van der Waals surface area (Å²) >= 11 is 0. The normalized spacial score (nSPS) is 11.3. The Morgan fingerprint density at radius 3 is 1.43 bits per heavy atom. The van der Waals surface area contributed by atoms with E-state index in [0.717, 1.165) is 22.7 Å². The van der Waals surface area contributed by atoms with Crippen LogP contribution in [0.3, 0.4) is 0 Å². The van der Waals surface area contributed by atoms with Gasteiger partial charge >= 0.3 is 0 Å². The van der Waals surface area contributed by atoms with Gasteiger partial charge in [0.05, 0.1) is 16.7 Å². The molecular formula is C58H40N2. The quantitative estimate of drug-likeness (QED) is 0.150. The molecule has 0 spiro atoms. The largest absolute Gasteiger partial charge is 0.310 e. The molecule has 0 radical (unpaired) electrons. The molecule has 1 aromatic heterocycles. The Morgan fingerprint density at radius 1 is 0.283 bits per heavy atom. The SMILES string of the molecule is c1ccc(-c2ccc(-c3ccc(N(c4ccc(-c5cccc(-n6c7ccccc7c7ccccc76)c5)c(-c5ccccc5)c4)c4cccc5ccccc45)cc3)cc2)cc1. The van der Waals surface area contributed by atoms with Crippen molar-refractivity contribution in [1.29, 1.82) is 0 Å². The minimum absolute atomic E-state index is 1.09. The molecule has 11 rings (SSSR count). The van der Waals surface area contributed by atoms with E-state index in [0.29, 0.717) is 0 Å². The van der Waals surface area contributed by atoms with Crippen molar-refractivity contribution in [1.82, 2.24) is 4.57 Å². The lowest BCUT2D eigenvalue weighted by molar-refractivity contribution is 1.18. The first kappa shape index (κ1) is 35.2. The second kappa shape index (κ2) is 15.1. The molecule has 60 heavy (non-hydrogen) atoms. The zero-order chi connectivity index (χ0) is 39.8. The summed E-state index contributed by atoms with van der Waals surface area (Å²) in [7, 11) is 0. The fraction of sp³-hybridized carbons (Fsp3) is 0. The minimum Gasteiger partial charge on any atom is -0.310 e. The van der Waals surface area contributed by atoms with Crippen LogP contribution in [0.25, 0.3) is 82.8 Å². The summed E-state index contributed by atoms with van der Waals surface area (Å²) in [5.41, 5.74) is 16.4. The minimum atomic E-state index is 1.09. The molecule has 2 heteroatoms. The van der Waals surface area contributed by atoms with Crippen LogP contribution in [0.1, 0.15) is 0 Å². The van der Waals surface area contributed by atoms with Crippen LogP contribution in [0.2, 0.25) is 0 Å². The van der Waals surface area contributed by atoms with Gasteiger partial charge < -0.3 is 9.47 Å². The van der Waals surface area contributed by atoms with Crippen LogP contribution in [0.5, 0.6) is 0 Å². The molecule has 0 saturated heterocycles. The highest BCUT2D eigenvalue weighted by Crippen LogP contribution is 2.44. The monoisotopic (exact) mass is 764 g/mol. The molecule has 0 amide bonds. The van der Waals surface area contributed by atoms with E-state index >= 15 is 0 Å². The molecule has 0 fully saturated rings. The molecule has 0 atom stereocenters. The number of hydrogen-bond acceptors (Lipinski definition) is 1. The lowest BCUT2D eigenvalue weighted by atomic mass is 9.93. The third-order valence-corrected chi connectivity index (χ3v) is 11.8. The summed E-state index contributed by atoms with van der Waals surface area (Å²) in [6.45, 7) is 0. The Kier molecular flexibility index (Phi) is 8.87. The van der Waals surface area contributed by atoms with Crippen LogP contribution in [0, 0.1) is 0 Å². The van der Waals surface area contributed by atoms with Crippen molar-refractivity contribution in [3.8, 4) is 50.2 Å². The van der Waals surface area contributed by atoms with Crippen molar-refractivity contribution >= 4 is 49.6 Å². The van der Waals surface area contributed by atoms with Crippen LogP contribution in [0.15, 0.2) is 243 Å². The van der Waals surface area contributed by atoms with E-state index < -0.39 is 0 Å². The Hall–Kier alpha value is -7.94. The molecule has 282 valence electrons. The maximum Gasteiger partial charge on any atom is 0.0541 e. The molecule has 0 saturated carbocycles. The number of anilines is 3. The van der Waals surface area contributed by atoms with Gasteiger partial charge in [0.1, 0.15) is 0 Å². The van der Waals surface area contributed by atoms with E-state index in [2.05, 4.69) is 252 Å². The van der Waals surface area contributed by atoms with Crippen LogP contribution >= 0.6 is 0 Å². The molecule has 0 aliphatic carbocycles. The van der Waals surface area contributed by atoms with E-state index in [9.17, 15) is 0 Å². The number of aromatic nitrogens is 1. The van der Waals surface area contributed by atoms with Gasteiger partial charge in [-0.2, -0.15) is 0 Å². The van der Waals surface area contributed by atoms with Gasteiger partial charge in [-0.25, -0.2) is 0 Å². The fourth-order valence-electron chi connectivity index (χ4n) is 8.91. The van der Waals surface area contributed by atoms with E-state index in [1.165, 1.54) is 77.1 Å². The standard InChI is InChI=1S/C58H40N2/c1-3-15-41(16-4-1)42-29-31-43(32-30-42)44-33-35-48(36-34-44)59(56-28-14-20-45-19-7-8-23-52(45)56)50-37-38-51(55(40-50)46-17-5-2-6-18-46)47-21-13-22-49(39-47)60-57-26-11-9-24-53(57)54-25-10-12-27-58(54)60/h1-40H. The second-order valence-corrected chi connectivity index (χ2v) is 15.3. The second-order valence-electron chi connectivity index (χ2n) is 15.3. The van der Waals surface area contributed by atoms with Crippen molar-refractivity contribution in [2.24, 2.45) is 0 Å². The van der Waals surface area contributed by atoms with Crippen molar-refractivity contribution in [2.45, 2.75) is 0 Å². The van der Waals surface area contributed by atoms with E-state index in [1.54, 1.807) is 0 Å². The third kappa shape index (κ3) is 6.32. The lowest BCUT2D eigenvalue weighted by Crippen LogP contribution is -2.11. The first-order valence-electron chi connectivity index (χ1n) is 20.6. The molecule has 0 unspecified atom stereocenters. The number of rotatable bonds is 8. The maximum absolute atomic E-state index is 2.41. The first-order valence-corrected chi connectivity index (χ1v) is 20.6. The molecule has 11 aromatic rings. The molecule has 0 aliphatic rings. The Balaban J connectivity index is 1.05. The summed E-state index contributed by atoms with van der Waals surface area (Å²) in [5, 5.41) is 4.92. The van der Waals surface area contributed by atoms with E-state index in [-0.39, 0.29) is 0 Å². The smallest absolute Gasteiger partial charge is 0.0541 e. The van der Waals surface area contributed by atoms with Gasteiger partial charge in [0.2, 0.25) is 0 Å². The number of benzene rings is 10. The topological polar surface area (TPSA) is 8.17 Å². The summed E-state index contributed by atoms with van der Waals surface area (Å²) < 4.78 is 2.40. The predicted octanol–water partition coefficient (Wildman–Crippen LogP) is 16.1. The Morgan fingerprint density at radius 2 is 0.767 bits per heavy atom. The van der Waals surface area contributed by atoms with Crippen LogP contribution in [0.4, 0.5) is 17.1 Å². The van der Waals surface area contributed by atoms with Crippen LogP contribution in [-0.2, 0) is 0 Å². The van der Waals surface area contributed by atoms with Gasteiger partial charge in [-0.05, 0) is 104 Å². The number of hydrogen-bond donors (Lipinski definition) is 0. The zero-order valence-corrected chi connectivity index (χ0v) is 33.0. The highest BCUT2D eigenvalue weighted by atomic mass is 15.1. The summed E-state index contributed by atoms with van der Waals surface area (Å²) in [4.78, 5) is 2.41. The molecular weight excluding hydrogens is 725 g/mol. The van der Waals surface area contributed by atoms with Crippen molar-refractivity contribution in [3.05, 3.63) is 243 Å².